The molecule has 0 spiro atoms. The number of hydrogen-bond acceptors (Lipinski definition) is 4. The standard InChI is InChI=1S/C11H21NO4/c1-3-9(10(13)14)12(2)8-11(15)4-6-16-7-5-11/h9,15H,3-8H2,1-2H3,(H,13,14). The molecule has 1 heterocycles. The highest BCUT2D eigenvalue weighted by molar-refractivity contribution is 5.73. The van der Waals surface area contributed by atoms with Gasteiger partial charge in [-0.1, -0.05) is 6.92 Å². The van der Waals surface area contributed by atoms with Gasteiger partial charge in [0.15, 0.2) is 0 Å². The lowest BCUT2D eigenvalue weighted by atomic mass is 9.93. The van der Waals surface area contributed by atoms with Crippen LogP contribution in [-0.2, 0) is 9.53 Å². The van der Waals surface area contributed by atoms with Crippen molar-refractivity contribution < 1.29 is 19.7 Å². The molecule has 16 heavy (non-hydrogen) atoms. The third-order valence-corrected chi connectivity index (χ3v) is 3.17. The van der Waals surface area contributed by atoms with Crippen molar-refractivity contribution in [3.05, 3.63) is 0 Å². The molecule has 0 radical (unpaired) electrons. The van der Waals surface area contributed by atoms with Crippen LogP contribution < -0.4 is 0 Å². The lowest BCUT2D eigenvalue weighted by Gasteiger charge is -2.37. The molecule has 1 rings (SSSR count). The Bertz CT molecular complexity index is 238. The van der Waals surface area contributed by atoms with Crippen molar-refractivity contribution in [2.75, 3.05) is 26.8 Å². The summed E-state index contributed by atoms with van der Waals surface area (Å²) in [4.78, 5) is 12.7. The molecule has 1 saturated heterocycles. The fraction of sp³-hybridized carbons (Fsp3) is 0.909. The fourth-order valence-corrected chi connectivity index (χ4v) is 2.16. The van der Waals surface area contributed by atoms with Crippen LogP contribution in [0.5, 0.6) is 0 Å². The van der Waals surface area contributed by atoms with Crippen LogP contribution in [0.4, 0.5) is 0 Å². The van der Waals surface area contributed by atoms with E-state index in [1.807, 2.05) is 6.92 Å². The summed E-state index contributed by atoms with van der Waals surface area (Å²) in [5.74, 6) is -0.833. The molecule has 5 nitrogen and oxygen atoms in total. The Kier molecular flexibility index (Phi) is 4.70. The molecular formula is C11H21NO4. The molecule has 0 saturated carbocycles. The van der Waals surface area contributed by atoms with E-state index in [0.717, 1.165) is 0 Å². The first-order chi connectivity index (χ1) is 7.48. The maximum Gasteiger partial charge on any atom is 0.320 e. The highest BCUT2D eigenvalue weighted by Gasteiger charge is 2.33. The highest BCUT2D eigenvalue weighted by atomic mass is 16.5. The van der Waals surface area contributed by atoms with Gasteiger partial charge in [-0.05, 0) is 13.5 Å². The largest absolute Gasteiger partial charge is 0.480 e. The maximum atomic E-state index is 11.0. The molecule has 0 bridgehead atoms. The minimum Gasteiger partial charge on any atom is -0.480 e. The van der Waals surface area contributed by atoms with E-state index in [1.54, 1.807) is 11.9 Å². The van der Waals surface area contributed by atoms with Crippen LogP contribution in [0.15, 0.2) is 0 Å². The molecule has 5 heteroatoms. The summed E-state index contributed by atoms with van der Waals surface area (Å²) in [5, 5.41) is 19.3. The van der Waals surface area contributed by atoms with Gasteiger partial charge in [0.05, 0.1) is 5.60 Å². The van der Waals surface area contributed by atoms with E-state index in [4.69, 9.17) is 9.84 Å². The van der Waals surface area contributed by atoms with E-state index in [9.17, 15) is 9.90 Å². The lowest BCUT2D eigenvalue weighted by molar-refractivity contribution is -0.145. The van der Waals surface area contributed by atoms with Gasteiger partial charge in [-0.25, -0.2) is 0 Å². The number of likely N-dealkylation sites (N-methyl/N-ethyl adjacent to an activating group) is 1. The molecule has 94 valence electrons. The molecule has 0 aromatic rings. The topological polar surface area (TPSA) is 70.0 Å². The molecule has 0 amide bonds. The molecule has 1 unspecified atom stereocenters. The van der Waals surface area contributed by atoms with Crippen LogP contribution in [-0.4, -0.2) is 59.5 Å². The minimum absolute atomic E-state index is 0.390. The lowest BCUT2D eigenvalue weighted by Crippen LogP contribution is -2.50. The van der Waals surface area contributed by atoms with E-state index < -0.39 is 17.6 Å². The SMILES string of the molecule is CCC(C(=O)O)N(C)CC1(O)CCOCC1. The average Bonchev–Trinajstić information content (AvgIpc) is 2.18. The van der Waals surface area contributed by atoms with Gasteiger partial charge in [-0.3, -0.25) is 9.69 Å². The summed E-state index contributed by atoms with van der Waals surface area (Å²) < 4.78 is 5.19. The van der Waals surface area contributed by atoms with E-state index >= 15 is 0 Å². The van der Waals surface area contributed by atoms with Crippen molar-refractivity contribution in [3.63, 3.8) is 0 Å². The van der Waals surface area contributed by atoms with Gasteiger partial charge in [0.1, 0.15) is 6.04 Å². The van der Waals surface area contributed by atoms with Gasteiger partial charge in [-0.2, -0.15) is 0 Å². The molecule has 1 fully saturated rings. The third-order valence-electron chi connectivity index (χ3n) is 3.17. The van der Waals surface area contributed by atoms with Crippen molar-refractivity contribution in [2.45, 2.75) is 37.8 Å². The van der Waals surface area contributed by atoms with Crippen LogP contribution >= 0.6 is 0 Å². The number of carboxylic acid groups (broad SMARTS) is 1. The number of aliphatic hydroxyl groups is 1. The Morgan fingerprint density at radius 1 is 1.50 bits per heavy atom. The molecule has 1 atom stereocenters. The van der Waals surface area contributed by atoms with Crippen LogP contribution in [0.2, 0.25) is 0 Å². The summed E-state index contributed by atoms with van der Waals surface area (Å²) in [6, 6.07) is -0.521. The molecule has 0 aromatic heterocycles. The van der Waals surface area contributed by atoms with Crippen LogP contribution in [0.3, 0.4) is 0 Å². The molecule has 1 aliphatic rings. The first-order valence-corrected chi connectivity index (χ1v) is 5.72. The fourth-order valence-electron chi connectivity index (χ4n) is 2.16. The normalized spacial score (nSPS) is 22.0. The zero-order valence-corrected chi connectivity index (χ0v) is 9.98. The summed E-state index contributed by atoms with van der Waals surface area (Å²) in [5.41, 5.74) is -0.796. The zero-order chi connectivity index (χ0) is 12.2. The number of carbonyl (C=O) groups is 1. The summed E-state index contributed by atoms with van der Waals surface area (Å²) in [6.45, 7) is 3.33. The Morgan fingerprint density at radius 3 is 2.50 bits per heavy atom. The van der Waals surface area contributed by atoms with Crippen LogP contribution in [0.25, 0.3) is 0 Å². The molecular weight excluding hydrogens is 210 g/mol. The van der Waals surface area contributed by atoms with Gasteiger partial charge in [0.2, 0.25) is 0 Å². The first kappa shape index (κ1) is 13.4. The molecule has 0 aliphatic carbocycles. The Morgan fingerprint density at radius 2 is 2.06 bits per heavy atom. The number of aliphatic carboxylic acids is 1. The second-order valence-corrected chi connectivity index (χ2v) is 4.51. The predicted octanol–water partition coefficient (Wildman–Crippen LogP) is 0.323. The quantitative estimate of drug-likeness (QED) is 0.713. The van der Waals surface area contributed by atoms with Gasteiger partial charge in [0.25, 0.3) is 0 Å². The Balaban J connectivity index is 2.54. The second-order valence-electron chi connectivity index (χ2n) is 4.51. The Hall–Kier alpha value is -0.650. The number of carboxylic acids is 1. The molecule has 0 aromatic carbocycles. The smallest absolute Gasteiger partial charge is 0.320 e. The number of rotatable bonds is 5. The van der Waals surface area contributed by atoms with Gasteiger partial charge in [0, 0.05) is 32.6 Å². The van der Waals surface area contributed by atoms with Gasteiger partial charge < -0.3 is 14.9 Å². The van der Waals surface area contributed by atoms with Crippen molar-refractivity contribution in [1.29, 1.82) is 0 Å². The Labute approximate surface area is 96.0 Å². The van der Waals surface area contributed by atoms with Crippen molar-refractivity contribution in [2.24, 2.45) is 0 Å². The monoisotopic (exact) mass is 231 g/mol. The maximum absolute atomic E-state index is 11.0. The number of hydrogen-bond donors (Lipinski definition) is 2. The average molecular weight is 231 g/mol. The number of nitrogens with zero attached hydrogens (tertiary/aromatic N) is 1. The number of ether oxygens (including phenoxy) is 1. The highest BCUT2D eigenvalue weighted by Crippen LogP contribution is 2.22. The van der Waals surface area contributed by atoms with E-state index in [1.165, 1.54) is 0 Å². The van der Waals surface area contributed by atoms with Gasteiger partial charge >= 0.3 is 5.97 Å². The third kappa shape index (κ3) is 3.43. The second kappa shape index (κ2) is 5.61. The van der Waals surface area contributed by atoms with Crippen LogP contribution in [0, 0.1) is 0 Å². The van der Waals surface area contributed by atoms with Crippen molar-refractivity contribution >= 4 is 5.97 Å². The molecule has 2 N–H and O–H groups in total. The van der Waals surface area contributed by atoms with Crippen LogP contribution in [0.1, 0.15) is 26.2 Å². The predicted molar refractivity (Wildman–Crippen MR) is 59.3 cm³/mol. The molecule has 1 aliphatic heterocycles. The first-order valence-electron chi connectivity index (χ1n) is 5.72. The van der Waals surface area contributed by atoms with Crippen molar-refractivity contribution in [1.82, 2.24) is 4.90 Å². The summed E-state index contributed by atoms with van der Waals surface area (Å²) in [7, 11) is 1.75. The van der Waals surface area contributed by atoms with E-state index in [2.05, 4.69) is 0 Å². The van der Waals surface area contributed by atoms with E-state index in [0.29, 0.717) is 39.0 Å². The summed E-state index contributed by atoms with van der Waals surface area (Å²) in [6.07, 6.45) is 1.69. The van der Waals surface area contributed by atoms with Gasteiger partial charge in [-0.15, -0.1) is 0 Å². The van der Waals surface area contributed by atoms with Crippen molar-refractivity contribution in [3.8, 4) is 0 Å². The van der Waals surface area contributed by atoms with E-state index in [-0.39, 0.29) is 0 Å². The zero-order valence-electron chi connectivity index (χ0n) is 9.98. The minimum atomic E-state index is -0.833. The summed E-state index contributed by atoms with van der Waals surface area (Å²) >= 11 is 0.